The molecule has 0 amide bonds. The Hall–Kier alpha value is -8.98. The summed E-state index contributed by atoms with van der Waals surface area (Å²) in [6.45, 7) is 0. The monoisotopic (exact) mass is 864 g/mol. The number of hydrogen-bond acceptors (Lipinski definition) is 1. The van der Waals surface area contributed by atoms with E-state index in [0.29, 0.717) is 0 Å². The van der Waals surface area contributed by atoms with E-state index in [1.54, 1.807) is 0 Å². The van der Waals surface area contributed by atoms with Gasteiger partial charge in [0.25, 0.3) is 0 Å². The topological polar surface area (TPSA) is 8.17 Å². The molecule has 0 radical (unpaired) electrons. The van der Waals surface area contributed by atoms with Crippen LogP contribution in [0.15, 0.2) is 267 Å². The van der Waals surface area contributed by atoms with Crippen LogP contribution in [0, 0.1) is 0 Å². The van der Waals surface area contributed by atoms with Crippen LogP contribution in [0.2, 0.25) is 0 Å². The van der Waals surface area contributed by atoms with Gasteiger partial charge in [-0.05, 0) is 132 Å². The molecular weight excluding hydrogens is 821 g/mol. The van der Waals surface area contributed by atoms with Crippen LogP contribution in [0.3, 0.4) is 0 Å². The molecule has 0 aliphatic heterocycles. The summed E-state index contributed by atoms with van der Waals surface area (Å²) in [5.41, 5.74) is 16.3. The summed E-state index contributed by atoms with van der Waals surface area (Å²) < 4.78 is 2.46. The van der Waals surface area contributed by atoms with Gasteiger partial charge in [0.15, 0.2) is 0 Å². The van der Waals surface area contributed by atoms with Crippen molar-refractivity contribution in [2.24, 2.45) is 0 Å². The summed E-state index contributed by atoms with van der Waals surface area (Å²) in [5, 5.41) is 9.87. The molecule has 0 aliphatic carbocycles. The molecule has 0 unspecified atom stereocenters. The highest BCUT2D eigenvalue weighted by Gasteiger charge is 2.21. The number of fused-ring (bicyclic) bond motifs is 7. The molecule has 1 aromatic heterocycles. The number of nitrogens with zero attached hydrogens (tertiary/aromatic N) is 2. The van der Waals surface area contributed by atoms with Gasteiger partial charge in [-0.25, -0.2) is 0 Å². The van der Waals surface area contributed by atoms with Gasteiger partial charge in [-0.2, -0.15) is 0 Å². The number of aromatic nitrogens is 1. The molecule has 0 bridgehead atoms. The molecule has 0 fully saturated rings. The Morgan fingerprint density at radius 3 is 1.51 bits per heavy atom. The van der Waals surface area contributed by atoms with Crippen LogP contribution >= 0.6 is 0 Å². The second-order valence-corrected chi connectivity index (χ2v) is 17.7. The second kappa shape index (κ2) is 16.5. The van der Waals surface area contributed by atoms with Crippen molar-refractivity contribution in [2.45, 2.75) is 0 Å². The van der Waals surface area contributed by atoms with Gasteiger partial charge in [0.1, 0.15) is 0 Å². The van der Waals surface area contributed by atoms with Crippen LogP contribution in [0.4, 0.5) is 17.1 Å². The average molecular weight is 865 g/mol. The zero-order valence-electron chi connectivity index (χ0n) is 37.3. The van der Waals surface area contributed by atoms with E-state index < -0.39 is 0 Å². The normalized spacial score (nSPS) is 11.5. The summed E-state index contributed by atoms with van der Waals surface area (Å²) in [7, 11) is 0. The van der Waals surface area contributed by atoms with Crippen LogP contribution in [-0.2, 0) is 0 Å². The minimum Gasteiger partial charge on any atom is -0.310 e. The lowest BCUT2D eigenvalue weighted by atomic mass is 9.94. The third-order valence-corrected chi connectivity index (χ3v) is 13.7. The highest BCUT2D eigenvalue weighted by atomic mass is 15.1. The van der Waals surface area contributed by atoms with Crippen LogP contribution < -0.4 is 4.90 Å². The molecule has 0 aliphatic rings. The number of hydrogen-bond donors (Lipinski definition) is 0. The van der Waals surface area contributed by atoms with E-state index in [4.69, 9.17) is 0 Å². The molecular formula is C66H44N2. The number of rotatable bonds is 8. The maximum atomic E-state index is 2.46. The van der Waals surface area contributed by atoms with Gasteiger partial charge in [-0.1, -0.05) is 206 Å². The van der Waals surface area contributed by atoms with Crippen molar-refractivity contribution in [2.75, 3.05) is 4.90 Å². The van der Waals surface area contributed by atoms with Gasteiger partial charge in [-0.3, -0.25) is 0 Å². The molecule has 0 atom stereocenters. The first-order valence-electron chi connectivity index (χ1n) is 23.4. The quantitative estimate of drug-likeness (QED) is 0.148. The molecule has 0 saturated heterocycles. The van der Waals surface area contributed by atoms with Crippen LogP contribution in [0.5, 0.6) is 0 Å². The van der Waals surface area contributed by atoms with E-state index in [1.807, 2.05) is 0 Å². The maximum Gasteiger partial charge on any atom is 0.0547 e. The molecule has 0 spiro atoms. The zero-order valence-corrected chi connectivity index (χ0v) is 37.3. The maximum absolute atomic E-state index is 2.46. The van der Waals surface area contributed by atoms with Crippen molar-refractivity contribution in [3.8, 4) is 50.2 Å². The molecule has 2 heteroatoms. The Balaban J connectivity index is 1.01. The summed E-state index contributed by atoms with van der Waals surface area (Å²) in [4.78, 5) is 2.45. The lowest BCUT2D eigenvalue weighted by Crippen LogP contribution is -2.11. The highest BCUT2D eigenvalue weighted by Crippen LogP contribution is 2.46. The summed E-state index contributed by atoms with van der Waals surface area (Å²) >= 11 is 0. The fraction of sp³-hybridized carbons (Fsp3) is 0. The number of benzene rings is 12. The second-order valence-electron chi connectivity index (χ2n) is 17.7. The van der Waals surface area contributed by atoms with E-state index in [9.17, 15) is 0 Å². The third-order valence-electron chi connectivity index (χ3n) is 13.7. The van der Waals surface area contributed by atoms with Crippen molar-refractivity contribution >= 4 is 71.2 Å². The van der Waals surface area contributed by atoms with Crippen molar-refractivity contribution in [3.05, 3.63) is 267 Å². The summed E-state index contributed by atoms with van der Waals surface area (Å²) in [5.74, 6) is 0. The largest absolute Gasteiger partial charge is 0.310 e. The first-order chi connectivity index (χ1) is 33.7. The summed E-state index contributed by atoms with van der Waals surface area (Å²) in [6, 6.07) is 97.6. The van der Waals surface area contributed by atoms with E-state index >= 15 is 0 Å². The minimum atomic E-state index is 1.08. The van der Waals surface area contributed by atoms with E-state index in [-0.39, 0.29) is 0 Å². The number of para-hydroxylation sites is 1. The predicted octanol–water partition coefficient (Wildman–Crippen LogP) is 18.4. The molecule has 0 N–H and O–H groups in total. The fourth-order valence-electron chi connectivity index (χ4n) is 10.6. The Morgan fingerprint density at radius 1 is 0.265 bits per heavy atom. The van der Waals surface area contributed by atoms with Crippen LogP contribution in [0.1, 0.15) is 0 Å². The van der Waals surface area contributed by atoms with Gasteiger partial charge < -0.3 is 9.47 Å². The molecule has 68 heavy (non-hydrogen) atoms. The Kier molecular flexibility index (Phi) is 9.54. The zero-order chi connectivity index (χ0) is 45.0. The van der Waals surface area contributed by atoms with Gasteiger partial charge in [-0.15, -0.1) is 0 Å². The first-order valence-corrected chi connectivity index (χ1v) is 23.4. The SMILES string of the molecule is c1ccc(-c2cc(-c3ccc(N(c4cc(-c5ccccc5)c5ccccc5c4)c4ccc(-c5ccccc5)c5ccccc45)cc3)cc(-n3c4ccccc4c4c5ccccc5ccc43)c2)cc1. The third kappa shape index (κ3) is 6.73. The van der Waals surface area contributed by atoms with Crippen LogP contribution in [0.25, 0.3) is 104 Å². The summed E-state index contributed by atoms with van der Waals surface area (Å²) in [6.07, 6.45) is 0. The van der Waals surface area contributed by atoms with E-state index in [2.05, 4.69) is 276 Å². The van der Waals surface area contributed by atoms with Gasteiger partial charge >= 0.3 is 0 Å². The van der Waals surface area contributed by atoms with Gasteiger partial charge in [0.05, 0.1) is 16.7 Å². The Morgan fingerprint density at radius 2 is 0.809 bits per heavy atom. The van der Waals surface area contributed by atoms with Gasteiger partial charge in [0.2, 0.25) is 0 Å². The van der Waals surface area contributed by atoms with Crippen molar-refractivity contribution in [1.82, 2.24) is 4.57 Å². The lowest BCUT2D eigenvalue weighted by molar-refractivity contribution is 1.18. The molecule has 318 valence electrons. The highest BCUT2D eigenvalue weighted by molar-refractivity contribution is 6.21. The lowest BCUT2D eigenvalue weighted by Gasteiger charge is -2.29. The van der Waals surface area contributed by atoms with Crippen molar-refractivity contribution in [3.63, 3.8) is 0 Å². The van der Waals surface area contributed by atoms with Gasteiger partial charge in [0, 0.05) is 33.2 Å². The van der Waals surface area contributed by atoms with E-state index in [1.165, 1.54) is 87.5 Å². The Bertz CT molecular complexity index is 4000. The minimum absolute atomic E-state index is 1.08. The predicted molar refractivity (Wildman–Crippen MR) is 290 cm³/mol. The van der Waals surface area contributed by atoms with Crippen LogP contribution in [-0.4, -0.2) is 4.57 Å². The molecule has 12 aromatic carbocycles. The Labute approximate surface area is 395 Å². The standard InChI is InChI=1S/C66H44N2/c1-4-18-45(19-5-1)51-40-52(43-54(42-51)68-63-31-17-16-30-61(63)66-58-27-13-10-24-49(58)34-38-65(66)68)46-32-35-53(36-33-46)67(55-41-50-25-11-12-26-56(50)62(44-55)48-22-8-3-9-23-48)64-39-37-57(47-20-6-2-7-21-47)59-28-14-15-29-60(59)64/h1-44H. The molecule has 13 rings (SSSR count). The molecule has 13 aromatic rings. The number of anilines is 3. The first kappa shape index (κ1) is 39.4. The average Bonchev–Trinajstić information content (AvgIpc) is 3.76. The van der Waals surface area contributed by atoms with Crippen molar-refractivity contribution < 1.29 is 0 Å². The fourth-order valence-corrected chi connectivity index (χ4v) is 10.6. The van der Waals surface area contributed by atoms with Crippen molar-refractivity contribution in [1.29, 1.82) is 0 Å². The smallest absolute Gasteiger partial charge is 0.0547 e. The van der Waals surface area contributed by atoms with E-state index in [0.717, 1.165) is 33.9 Å². The molecule has 0 saturated carbocycles. The molecule has 1 heterocycles. The molecule has 2 nitrogen and oxygen atoms in total.